The second kappa shape index (κ2) is 5.95. The third-order valence-electron chi connectivity index (χ3n) is 2.61. The van der Waals surface area contributed by atoms with Crippen LogP contribution in [0.3, 0.4) is 0 Å². The van der Waals surface area contributed by atoms with Gasteiger partial charge in [-0.15, -0.1) is 0 Å². The SMILES string of the molecule is O=C(CN1CCNCC1)Nc1cccnc1Cl. The van der Waals surface area contributed by atoms with Gasteiger partial charge >= 0.3 is 0 Å². The van der Waals surface area contributed by atoms with E-state index in [1.54, 1.807) is 18.3 Å². The number of nitrogens with one attached hydrogen (secondary N) is 2. The average molecular weight is 255 g/mol. The van der Waals surface area contributed by atoms with Gasteiger partial charge in [-0.3, -0.25) is 9.69 Å². The van der Waals surface area contributed by atoms with E-state index in [1.165, 1.54) is 0 Å². The van der Waals surface area contributed by atoms with E-state index in [9.17, 15) is 4.79 Å². The van der Waals surface area contributed by atoms with Crippen LogP contribution in [0.25, 0.3) is 0 Å². The van der Waals surface area contributed by atoms with E-state index in [0.29, 0.717) is 17.4 Å². The zero-order valence-electron chi connectivity index (χ0n) is 9.45. The summed E-state index contributed by atoms with van der Waals surface area (Å²) in [5.41, 5.74) is 0.564. The molecule has 1 aliphatic heterocycles. The van der Waals surface area contributed by atoms with E-state index in [2.05, 4.69) is 20.5 Å². The highest BCUT2D eigenvalue weighted by Crippen LogP contribution is 2.17. The van der Waals surface area contributed by atoms with Crippen LogP contribution in [-0.4, -0.2) is 48.5 Å². The Bertz CT molecular complexity index is 393. The number of carbonyl (C=O) groups is 1. The van der Waals surface area contributed by atoms with Gasteiger partial charge in [-0.25, -0.2) is 4.98 Å². The molecule has 6 heteroatoms. The molecule has 2 heterocycles. The van der Waals surface area contributed by atoms with E-state index in [-0.39, 0.29) is 5.91 Å². The van der Waals surface area contributed by atoms with Gasteiger partial charge in [0.15, 0.2) is 5.15 Å². The molecule has 1 fully saturated rings. The van der Waals surface area contributed by atoms with Gasteiger partial charge in [-0.1, -0.05) is 11.6 Å². The molecule has 17 heavy (non-hydrogen) atoms. The maximum Gasteiger partial charge on any atom is 0.238 e. The lowest BCUT2D eigenvalue weighted by molar-refractivity contribution is -0.117. The average Bonchev–Trinajstić information content (AvgIpc) is 2.33. The van der Waals surface area contributed by atoms with E-state index in [0.717, 1.165) is 26.2 Å². The molecule has 1 amide bonds. The lowest BCUT2D eigenvalue weighted by Gasteiger charge is -2.26. The van der Waals surface area contributed by atoms with Crippen LogP contribution in [0, 0.1) is 0 Å². The van der Waals surface area contributed by atoms with Crippen LogP contribution in [0.4, 0.5) is 5.69 Å². The summed E-state index contributed by atoms with van der Waals surface area (Å²) in [6, 6.07) is 3.48. The predicted molar refractivity (Wildman–Crippen MR) is 67.2 cm³/mol. The number of hydrogen-bond donors (Lipinski definition) is 2. The second-order valence-electron chi connectivity index (χ2n) is 3.92. The fourth-order valence-electron chi connectivity index (χ4n) is 1.74. The molecule has 0 aliphatic carbocycles. The van der Waals surface area contributed by atoms with Crippen molar-refractivity contribution in [3.63, 3.8) is 0 Å². The van der Waals surface area contributed by atoms with Gasteiger partial charge in [-0.05, 0) is 12.1 Å². The molecule has 0 unspecified atom stereocenters. The van der Waals surface area contributed by atoms with Crippen LogP contribution in [0.1, 0.15) is 0 Å². The number of carbonyl (C=O) groups excluding carboxylic acids is 1. The van der Waals surface area contributed by atoms with Gasteiger partial charge in [0.05, 0.1) is 12.2 Å². The van der Waals surface area contributed by atoms with Crippen LogP contribution in [0.15, 0.2) is 18.3 Å². The highest BCUT2D eigenvalue weighted by molar-refractivity contribution is 6.32. The molecule has 1 aromatic heterocycles. The molecule has 0 atom stereocenters. The number of nitrogens with zero attached hydrogens (tertiary/aromatic N) is 2. The minimum atomic E-state index is -0.0539. The van der Waals surface area contributed by atoms with Gasteiger partial charge in [0.25, 0.3) is 0 Å². The summed E-state index contributed by atoms with van der Waals surface area (Å²) in [6.45, 7) is 4.05. The Morgan fingerprint density at radius 1 is 1.53 bits per heavy atom. The lowest BCUT2D eigenvalue weighted by atomic mass is 10.3. The molecule has 2 N–H and O–H groups in total. The second-order valence-corrected chi connectivity index (χ2v) is 4.27. The Morgan fingerprint density at radius 2 is 2.29 bits per heavy atom. The molecule has 5 nitrogen and oxygen atoms in total. The van der Waals surface area contributed by atoms with Crippen molar-refractivity contribution in [3.05, 3.63) is 23.5 Å². The number of amides is 1. The zero-order chi connectivity index (χ0) is 12.1. The Morgan fingerprint density at radius 3 is 3.00 bits per heavy atom. The molecule has 0 saturated carbocycles. The summed E-state index contributed by atoms with van der Waals surface area (Å²) in [5.74, 6) is -0.0539. The summed E-state index contributed by atoms with van der Waals surface area (Å²) >= 11 is 5.86. The number of halogens is 1. The minimum Gasteiger partial charge on any atom is -0.322 e. The normalized spacial score (nSPS) is 16.8. The summed E-state index contributed by atoms with van der Waals surface area (Å²) in [4.78, 5) is 17.8. The largest absolute Gasteiger partial charge is 0.322 e. The summed E-state index contributed by atoms with van der Waals surface area (Å²) in [6.07, 6.45) is 1.59. The molecule has 1 aliphatic rings. The van der Waals surface area contributed by atoms with E-state index >= 15 is 0 Å². The molecule has 0 bridgehead atoms. The smallest absolute Gasteiger partial charge is 0.238 e. The maximum atomic E-state index is 11.8. The quantitative estimate of drug-likeness (QED) is 0.775. The van der Waals surface area contributed by atoms with Crippen molar-refractivity contribution in [2.24, 2.45) is 0 Å². The van der Waals surface area contributed by atoms with Crippen LogP contribution in [0.5, 0.6) is 0 Å². The third-order valence-corrected chi connectivity index (χ3v) is 2.91. The number of anilines is 1. The summed E-state index contributed by atoms with van der Waals surface area (Å²) in [5, 5.41) is 6.32. The first kappa shape index (κ1) is 12.3. The van der Waals surface area contributed by atoms with Gasteiger partial charge in [0.1, 0.15) is 0 Å². The zero-order valence-corrected chi connectivity index (χ0v) is 10.2. The Labute approximate surface area is 105 Å². The van der Waals surface area contributed by atoms with Gasteiger partial charge < -0.3 is 10.6 Å². The molecule has 0 aromatic carbocycles. The first-order valence-corrected chi connectivity index (χ1v) is 5.97. The van der Waals surface area contributed by atoms with Crippen molar-refractivity contribution in [1.29, 1.82) is 0 Å². The summed E-state index contributed by atoms with van der Waals surface area (Å²) in [7, 11) is 0. The van der Waals surface area contributed by atoms with Crippen molar-refractivity contribution in [1.82, 2.24) is 15.2 Å². The molecular weight excluding hydrogens is 240 g/mol. The van der Waals surface area contributed by atoms with Crippen molar-refractivity contribution in [2.45, 2.75) is 0 Å². The fourth-order valence-corrected chi connectivity index (χ4v) is 1.91. The number of aromatic nitrogens is 1. The molecule has 92 valence electrons. The van der Waals surface area contributed by atoms with Gasteiger partial charge in [0.2, 0.25) is 5.91 Å². The Kier molecular flexibility index (Phi) is 4.30. The van der Waals surface area contributed by atoms with Gasteiger partial charge in [0, 0.05) is 32.4 Å². The number of rotatable bonds is 3. The minimum absolute atomic E-state index is 0.0539. The highest BCUT2D eigenvalue weighted by atomic mass is 35.5. The van der Waals surface area contributed by atoms with Crippen LogP contribution in [0.2, 0.25) is 5.15 Å². The highest BCUT2D eigenvalue weighted by Gasteiger charge is 2.14. The number of piperazine rings is 1. The van der Waals surface area contributed by atoms with E-state index in [4.69, 9.17) is 11.6 Å². The molecule has 1 saturated heterocycles. The predicted octanol–water partition coefficient (Wildman–Crippen LogP) is 0.579. The molecule has 0 radical (unpaired) electrons. The van der Waals surface area contributed by atoms with Crippen LogP contribution in [-0.2, 0) is 4.79 Å². The van der Waals surface area contributed by atoms with Crippen LogP contribution >= 0.6 is 11.6 Å². The van der Waals surface area contributed by atoms with Crippen LogP contribution < -0.4 is 10.6 Å². The third kappa shape index (κ3) is 3.66. The van der Waals surface area contributed by atoms with E-state index < -0.39 is 0 Å². The van der Waals surface area contributed by atoms with E-state index in [1.807, 2.05) is 0 Å². The lowest BCUT2D eigenvalue weighted by Crippen LogP contribution is -2.46. The first-order valence-electron chi connectivity index (χ1n) is 5.59. The summed E-state index contributed by atoms with van der Waals surface area (Å²) < 4.78 is 0. The number of hydrogen-bond acceptors (Lipinski definition) is 4. The fraction of sp³-hybridized carbons (Fsp3) is 0.455. The monoisotopic (exact) mass is 254 g/mol. The topological polar surface area (TPSA) is 57.3 Å². The molecular formula is C11H15ClN4O. The van der Waals surface area contributed by atoms with Crippen molar-refractivity contribution >= 4 is 23.2 Å². The standard InChI is InChI=1S/C11H15ClN4O/c12-11-9(2-1-3-14-11)15-10(17)8-16-6-4-13-5-7-16/h1-3,13H,4-8H2,(H,15,17). The Balaban J connectivity index is 1.86. The van der Waals surface area contributed by atoms with Gasteiger partial charge in [-0.2, -0.15) is 0 Å². The molecule has 1 aromatic rings. The van der Waals surface area contributed by atoms with Crippen molar-refractivity contribution in [2.75, 3.05) is 38.0 Å². The maximum absolute atomic E-state index is 11.8. The van der Waals surface area contributed by atoms with Crippen molar-refractivity contribution < 1.29 is 4.79 Å². The number of pyridine rings is 1. The van der Waals surface area contributed by atoms with Crippen molar-refractivity contribution in [3.8, 4) is 0 Å². The molecule has 2 rings (SSSR count). The Hall–Kier alpha value is -1.17. The first-order chi connectivity index (χ1) is 8.25. The molecule has 0 spiro atoms.